The van der Waals surface area contributed by atoms with Gasteiger partial charge in [-0.25, -0.2) is 8.78 Å². The van der Waals surface area contributed by atoms with Crippen molar-refractivity contribution in [2.45, 2.75) is 12.6 Å². The Morgan fingerprint density at radius 2 is 1.75 bits per heavy atom. The quantitative estimate of drug-likeness (QED) is 0.886. The van der Waals surface area contributed by atoms with Crippen molar-refractivity contribution in [1.82, 2.24) is 5.32 Å². The van der Waals surface area contributed by atoms with Crippen LogP contribution >= 0.6 is 11.6 Å². The molecule has 0 radical (unpaired) electrons. The number of halogens is 3. The van der Waals surface area contributed by atoms with Crippen molar-refractivity contribution < 1.29 is 13.9 Å². The summed E-state index contributed by atoms with van der Waals surface area (Å²) in [6.07, 6.45) is -0.998. The van der Waals surface area contributed by atoms with E-state index in [9.17, 15) is 13.9 Å². The molecule has 0 aliphatic heterocycles. The Kier molecular flexibility index (Phi) is 5.06. The first kappa shape index (κ1) is 14.9. The summed E-state index contributed by atoms with van der Waals surface area (Å²) in [5.74, 6) is -0.879. The van der Waals surface area contributed by atoms with Gasteiger partial charge in [0.1, 0.15) is 11.6 Å². The third-order valence-corrected chi connectivity index (χ3v) is 3.32. The average Bonchev–Trinajstić information content (AvgIpc) is 2.42. The molecule has 0 aromatic heterocycles. The molecule has 2 aromatic rings. The Hall–Kier alpha value is -1.49. The van der Waals surface area contributed by atoms with Crippen molar-refractivity contribution in [3.05, 3.63) is 70.2 Å². The number of hydrogen-bond acceptors (Lipinski definition) is 2. The molecule has 106 valence electrons. The van der Waals surface area contributed by atoms with E-state index in [0.29, 0.717) is 10.6 Å². The fraction of sp³-hybridized carbons (Fsp3) is 0.200. The fourth-order valence-corrected chi connectivity index (χ4v) is 2.12. The highest BCUT2D eigenvalue weighted by atomic mass is 35.5. The zero-order valence-electron chi connectivity index (χ0n) is 10.6. The van der Waals surface area contributed by atoms with Crippen LogP contribution in [0.25, 0.3) is 0 Å². The second kappa shape index (κ2) is 6.79. The molecule has 2 nitrogen and oxygen atoms in total. The van der Waals surface area contributed by atoms with Gasteiger partial charge in [0.05, 0.1) is 6.10 Å². The fourth-order valence-electron chi connectivity index (χ4n) is 1.89. The first-order valence-corrected chi connectivity index (χ1v) is 6.53. The van der Waals surface area contributed by atoms with Crippen LogP contribution in [0.1, 0.15) is 17.2 Å². The van der Waals surface area contributed by atoms with E-state index in [0.717, 1.165) is 0 Å². The summed E-state index contributed by atoms with van der Waals surface area (Å²) in [6.45, 7) is 0.266. The summed E-state index contributed by atoms with van der Waals surface area (Å²) in [5.41, 5.74) is 0.537. The smallest absolute Gasteiger partial charge is 0.129 e. The van der Waals surface area contributed by atoms with Gasteiger partial charge in [-0.2, -0.15) is 0 Å². The van der Waals surface area contributed by atoms with E-state index >= 15 is 0 Å². The molecule has 2 aromatic carbocycles. The maximum atomic E-state index is 13.5. The zero-order valence-corrected chi connectivity index (χ0v) is 11.4. The monoisotopic (exact) mass is 297 g/mol. The van der Waals surface area contributed by atoms with Crippen molar-refractivity contribution in [3.63, 3.8) is 0 Å². The molecule has 2 rings (SSSR count). The molecule has 2 N–H and O–H groups in total. The van der Waals surface area contributed by atoms with Gasteiger partial charge in [-0.1, -0.05) is 35.9 Å². The number of aliphatic hydroxyl groups is 1. The van der Waals surface area contributed by atoms with Gasteiger partial charge in [0.2, 0.25) is 0 Å². The Morgan fingerprint density at radius 1 is 1.05 bits per heavy atom. The molecule has 0 fully saturated rings. The third kappa shape index (κ3) is 3.54. The van der Waals surface area contributed by atoms with Crippen molar-refractivity contribution in [1.29, 1.82) is 0 Å². The Balaban J connectivity index is 1.95. The minimum atomic E-state index is -0.998. The van der Waals surface area contributed by atoms with E-state index < -0.39 is 17.7 Å². The second-order valence-electron chi connectivity index (χ2n) is 4.37. The van der Waals surface area contributed by atoms with Crippen LogP contribution in [0.2, 0.25) is 5.02 Å². The summed E-state index contributed by atoms with van der Waals surface area (Å²) in [5, 5.41) is 13.1. The summed E-state index contributed by atoms with van der Waals surface area (Å²) in [4.78, 5) is 0. The van der Waals surface area contributed by atoms with Gasteiger partial charge in [-0.15, -0.1) is 0 Å². The Bertz CT molecular complexity index is 572. The van der Waals surface area contributed by atoms with Gasteiger partial charge in [-0.3, -0.25) is 0 Å². The molecule has 0 saturated heterocycles. The summed E-state index contributed by atoms with van der Waals surface area (Å²) in [6, 6.07) is 10.4. The molecule has 0 aliphatic rings. The average molecular weight is 298 g/mol. The lowest BCUT2D eigenvalue weighted by Crippen LogP contribution is -2.22. The molecular formula is C15H14ClF2NO. The predicted octanol–water partition coefficient (Wildman–Crippen LogP) is 3.44. The van der Waals surface area contributed by atoms with Crippen molar-refractivity contribution >= 4 is 11.6 Å². The molecule has 1 unspecified atom stereocenters. The summed E-state index contributed by atoms with van der Waals surface area (Å²) in [7, 11) is 0. The minimum Gasteiger partial charge on any atom is -0.387 e. The lowest BCUT2D eigenvalue weighted by atomic mass is 10.1. The molecule has 1 atom stereocenters. The maximum absolute atomic E-state index is 13.5. The molecule has 5 heteroatoms. The van der Waals surface area contributed by atoms with Crippen molar-refractivity contribution in [2.75, 3.05) is 6.54 Å². The van der Waals surface area contributed by atoms with Gasteiger partial charge < -0.3 is 10.4 Å². The molecule has 20 heavy (non-hydrogen) atoms. The van der Waals surface area contributed by atoms with Crippen LogP contribution in [-0.2, 0) is 6.54 Å². The predicted molar refractivity (Wildman–Crippen MR) is 74.5 cm³/mol. The first-order chi connectivity index (χ1) is 9.59. The van der Waals surface area contributed by atoms with Crippen LogP contribution in [0, 0.1) is 11.6 Å². The van der Waals surface area contributed by atoms with E-state index in [1.165, 1.54) is 24.3 Å². The highest BCUT2D eigenvalue weighted by Gasteiger charge is 2.12. The van der Waals surface area contributed by atoms with Crippen LogP contribution < -0.4 is 5.32 Å². The lowest BCUT2D eigenvalue weighted by Gasteiger charge is -2.13. The van der Waals surface area contributed by atoms with E-state index in [1.807, 2.05) is 0 Å². The van der Waals surface area contributed by atoms with Crippen LogP contribution in [-0.4, -0.2) is 11.7 Å². The first-order valence-electron chi connectivity index (χ1n) is 6.15. The standard InChI is InChI=1S/C15H14ClF2NO/c16-12-5-3-7-14(18)11(12)8-19-9-15(20)10-4-1-2-6-13(10)17/h1-7,15,19-20H,8-9H2. The SMILES string of the molecule is OC(CNCc1c(F)cccc1Cl)c1ccccc1F. The highest BCUT2D eigenvalue weighted by Crippen LogP contribution is 2.19. The number of benzene rings is 2. The van der Waals surface area contributed by atoms with E-state index in [2.05, 4.69) is 5.32 Å². The molecule has 0 amide bonds. The number of hydrogen-bond donors (Lipinski definition) is 2. The molecule has 0 bridgehead atoms. The van der Waals surface area contributed by atoms with E-state index in [-0.39, 0.29) is 18.7 Å². The second-order valence-corrected chi connectivity index (χ2v) is 4.78. The van der Waals surface area contributed by atoms with Crippen molar-refractivity contribution in [2.24, 2.45) is 0 Å². The minimum absolute atomic E-state index is 0.103. The maximum Gasteiger partial charge on any atom is 0.129 e. The van der Waals surface area contributed by atoms with E-state index in [1.54, 1.807) is 18.2 Å². The van der Waals surface area contributed by atoms with Gasteiger partial charge in [0.15, 0.2) is 0 Å². The van der Waals surface area contributed by atoms with Gasteiger partial charge in [0.25, 0.3) is 0 Å². The van der Waals surface area contributed by atoms with Crippen molar-refractivity contribution in [3.8, 4) is 0 Å². The molecule has 0 heterocycles. The van der Waals surface area contributed by atoms with Crippen LogP contribution in [0.15, 0.2) is 42.5 Å². The van der Waals surface area contributed by atoms with Gasteiger partial charge in [0, 0.05) is 29.2 Å². The lowest BCUT2D eigenvalue weighted by molar-refractivity contribution is 0.169. The topological polar surface area (TPSA) is 32.3 Å². The van der Waals surface area contributed by atoms with Crippen LogP contribution in [0.4, 0.5) is 8.78 Å². The normalized spacial score (nSPS) is 12.4. The summed E-state index contributed by atoms with van der Waals surface area (Å²) < 4.78 is 27.0. The van der Waals surface area contributed by atoms with Gasteiger partial charge in [-0.05, 0) is 18.2 Å². The Labute approximate surface area is 121 Å². The largest absolute Gasteiger partial charge is 0.387 e. The zero-order chi connectivity index (χ0) is 14.5. The number of nitrogens with one attached hydrogen (secondary N) is 1. The number of aliphatic hydroxyl groups excluding tert-OH is 1. The number of rotatable bonds is 5. The van der Waals surface area contributed by atoms with Crippen LogP contribution in [0.3, 0.4) is 0 Å². The molecule has 0 spiro atoms. The van der Waals surface area contributed by atoms with Gasteiger partial charge >= 0.3 is 0 Å². The summed E-state index contributed by atoms with van der Waals surface area (Å²) >= 11 is 5.88. The third-order valence-electron chi connectivity index (χ3n) is 2.97. The Morgan fingerprint density at radius 3 is 2.45 bits per heavy atom. The molecule has 0 saturated carbocycles. The molecular weight excluding hydrogens is 284 g/mol. The molecule has 0 aliphatic carbocycles. The highest BCUT2D eigenvalue weighted by molar-refractivity contribution is 6.31. The van der Waals surface area contributed by atoms with Crippen LogP contribution in [0.5, 0.6) is 0 Å². The van der Waals surface area contributed by atoms with E-state index in [4.69, 9.17) is 11.6 Å².